The lowest BCUT2D eigenvalue weighted by Crippen LogP contribution is -2.00. The molecular weight excluding hydrogens is 204 g/mol. The summed E-state index contributed by atoms with van der Waals surface area (Å²) < 4.78 is 6.37. The van der Waals surface area contributed by atoms with E-state index in [1.54, 1.807) is 23.0 Å². The lowest BCUT2D eigenvalue weighted by atomic mass is 10.1. The number of methoxy groups -OCH3 is 1. The van der Waals surface area contributed by atoms with Crippen LogP contribution in [0.3, 0.4) is 0 Å². The third-order valence-electron chi connectivity index (χ3n) is 2.34. The van der Waals surface area contributed by atoms with E-state index >= 15 is 0 Å². The highest BCUT2D eigenvalue weighted by Crippen LogP contribution is 2.18. The number of rotatable bonds is 2. The highest BCUT2D eigenvalue weighted by Gasteiger charge is 2.05. The molecule has 0 radical (unpaired) electrons. The molecule has 0 N–H and O–H groups in total. The second kappa shape index (κ2) is 4.18. The molecule has 0 saturated heterocycles. The predicted octanol–water partition coefficient (Wildman–Crippen LogP) is 1.87. The summed E-state index contributed by atoms with van der Waals surface area (Å²) in [5, 5.41) is 4.09. The maximum atomic E-state index is 11.2. The fraction of sp³-hybridized carbons (Fsp3) is 0.167. The Labute approximate surface area is 93.5 Å². The average Bonchev–Trinajstić information content (AvgIpc) is 2.75. The molecule has 82 valence electrons. The third kappa shape index (κ3) is 1.95. The van der Waals surface area contributed by atoms with E-state index < -0.39 is 0 Å². The Kier molecular flexibility index (Phi) is 2.72. The first-order chi connectivity index (χ1) is 7.70. The zero-order valence-electron chi connectivity index (χ0n) is 9.18. The van der Waals surface area contributed by atoms with Crippen LogP contribution in [0.1, 0.15) is 10.4 Å². The molecule has 0 unspecified atom stereocenters. The highest BCUT2D eigenvalue weighted by atomic mass is 16.5. The van der Waals surface area contributed by atoms with Crippen molar-refractivity contribution in [3.63, 3.8) is 0 Å². The van der Waals surface area contributed by atoms with Crippen molar-refractivity contribution in [1.82, 2.24) is 9.78 Å². The normalized spacial score (nSPS) is 10.1. The van der Waals surface area contributed by atoms with E-state index in [-0.39, 0.29) is 5.97 Å². The Morgan fingerprint density at radius 3 is 2.44 bits per heavy atom. The number of esters is 1. The van der Waals surface area contributed by atoms with Gasteiger partial charge in [-0.2, -0.15) is 5.10 Å². The Balaban J connectivity index is 2.29. The SMILES string of the molecule is COC(=O)c1ccc(-c2cnn(C)c2)cc1. The maximum absolute atomic E-state index is 11.2. The summed E-state index contributed by atoms with van der Waals surface area (Å²) in [5.41, 5.74) is 2.61. The molecular formula is C12H12N2O2. The van der Waals surface area contributed by atoms with Gasteiger partial charge in [0.2, 0.25) is 0 Å². The minimum absolute atomic E-state index is 0.322. The first-order valence-corrected chi connectivity index (χ1v) is 4.88. The van der Waals surface area contributed by atoms with Crippen molar-refractivity contribution in [2.45, 2.75) is 0 Å². The summed E-state index contributed by atoms with van der Waals surface area (Å²) in [5.74, 6) is -0.322. The molecule has 1 aromatic heterocycles. The van der Waals surface area contributed by atoms with Crippen molar-refractivity contribution >= 4 is 5.97 Å². The number of hydrogen-bond acceptors (Lipinski definition) is 3. The Bertz CT molecular complexity index is 500. The Hall–Kier alpha value is -2.10. The molecule has 2 rings (SSSR count). The van der Waals surface area contributed by atoms with E-state index in [0.29, 0.717) is 5.56 Å². The van der Waals surface area contributed by atoms with E-state index in [9.17, 15) is 4.79 Å². The molecule has 0 bridgehead atoms. The standard InChI is InChI=1S/C12H12N2O2/c1-14-8-11(7-13-14)9-3-5-10(6-4-9)12(15)16-2/h3-8H,1-2H3. The minimum atomic E-state index is -0.322. The van der Waals surface area contributed by atoms with Gasteiger partial charge in [-0.1, -0.05) is 12.1 Å². The number of benzene rings is 1. The van der Waals surface area contributed by atoms with Crippen molar-refractivity contribution in [2.75, 3.05) is 7.11 Å². The number of hydrogen-bond donors (Lipinski definition) is 0. The van der Waals surface area contributed by atoms with E-state index in [1.165, 1.54) is 7.11 Å². The molecule has 0 aliphatic heterocycles. The monoisotopic (exact) mass is 216 g/mol. The molecule has 1 heterocycles. The number of carbonyl (C=O) groups is 1. The number of aryl methyl sites for hydroxylation is 1. The second-order valence-electron chi connectivity index (χ2n) is 3.47. The van der Waals surface area contributed by atoms with E-state index in [0.717, 1.165) is 11.1 Å². The van der Waals surface area contributed by atoms with Crippen molar-refractivity contribution < 1.29 is 9.53 Å². The van der Waals surface area contributed by atoms with Gasteiger partial charge in [-0.15, -0.1) is 0 Å². The summed E-state index contributed by atoms with van der Waals surface area (Å²) in [6.45, 7) is 0. The molecule has 0 amide bonds. The molecule has 0 aliphatic rings. The van der Waals surface area contributed by atoms with Crippen LogP contribution in [-0.2, 0) is 11.8 Å². The highest BCUT2D eigenvalue weighted by molar-refractivity contribution is 5.89. The van der Waals surface area contributed by atoms with Crippen LogP contribution in [-0.4, -0.2) is 22.9 Å². The van der Waals surface area contributed by atoms with Crippen LogP contribution in [0.15, 0.2) is 36.7 Å². The third-order valence-corrected chi connectivity index (χ3v) is 2.34. The van der Waals surface area contributed by atoms with Gasteiger partial charge in [0, 0.05) is 18.8 Å². The lowest BCUT2D eigenvalue weighted by Gasteiger charge is -2.00. The number of aromatic nitrogens is 2. The van der Waals surface area contributed by atoms with Crippen molar-refractivity contribution in [1.29, 1.82) is 0 Å². The van der Waals surface area contributed by atoms with Gasteiger partial charge in [-0.25, -0.2) is 4.79 Å². The van der Waals surface area contributed by atoms with Crippen LogP contribution in [0, 0.1) is 0 Å². The topological polar surface area (TPSA) is 44.1 Å². The summed E-state index contributed by atoms with van der Waals surface area (Å²) >= 11 is 0. The Morgan fingerprint density at radius 2 is 1.94 bits per heavy atom. The van der Waals surface area contributed by atoms with Gasteiger partial charge in [-0.05, 0) is 17.7 Å². The first-order valence-electron chi connectivity index (χ1n) is 4.88. The van der Waals surface area contributed by atoms with Crippen LogP contribution in [0.2, 0.25) is 0 Å². The molecule has 1 aromatic carbocycles. The van der Waals surface area contributed by atoms with Gasteiger partial charge in [0.15, 0.2) is 0 Å². The zero-order chi connectivity index (χ0) is 11.5. The fourth-order valence-corrected chi connectivity index (χ4v) is 1.49. The molecule has 0 aliphatic carbocycles. The molecule has 2 aromatic rings. The number of carbonyl (C=O) groups excluding carboxylic acids is 1. The molecule has 16 heavy (non-hydrogen) atoms. The molecule has 4 nitrogen and oxygen atoms in total. The van der Waals surface area contributed by atoms with Crippen LogP contribution in [0.5, 0.6) is 0 Å². The molecule has 0 atom stereocenters. The lowest BCUT2D eigenvalue weighted by molar-refractivity contribution is 0.0601. The quantitative estimate of drug-likeness (QED) is 0.720. The summed E-state index contributed by atoms with van der Waals surface area (Å²) in [4.78, 5) is 11.2. The van der Waals surface area contributed by atoms with Crippen LogP contribution >= 0.6 is 0 Å². The minimum Gasteiger partial charge on any atom is -0.465 e. The van der Waals surface area contributed by atoms with Crippen molar-refractivity contribution in [2.24, 2.45) is 7.05 Å². The predicted molar refractivity (Wildman–Crippen MR) is 60.0 cm³/mol. The fourth-order valence-electron chi connectivity index (χ4n) is 1.49. The first kappa shape index (κ1) is 10.4. The largest absolute Gasteiger partial charge is 0.465 e. The number of nitrogens with zero attached hydrogens (tertiary/aromatic N) is 2. The second-order valence-corrected chi connectivity index (χ2v) is 3.47. The van der Waals surface area contributed by atoms with Gasteiger partial charge < -0.3 is 4.74 Å². The van der Waals surface area contributed by atoms with Crippen LogP contribution in [0.4, 0.5) is 0 Å². The molecule has 4 heteroatoms. The molecule has 0 fully saturated rings. The van der Waals surface area contributed by atoms with Crippen molar-refractivity contribution in [3.05, 3.63) is 42.2 Å². The Morgan fingerprint density at radius 1 is 1.25 bits per heavy atom. The molecule has 0 spiro atoms. The van der Waals surface area contributed by atoms with Crippen molar-refractivity contribution in [3.8, 4) is 11.1 Å². The van der Waals surface area contributed by atoms with Gasteiger partial charge >= 0.3 is 5.97 Å². The van der Waals surface area contributed by atoms with E-state index in [4.69, 9.17) is 0 Å². The molecule has 0 saturated carbocycles. The maximum Gasteiger partial charge on any atom is 0.337 e. The van der Waals surface area contributed by atoms with Crippen LogP contribution < -0.4 is 0 Å². The smallest absolute Gasteiger partial charge is 0.337 e. The van der Waals surface area contributed by atoms with Gasteiger partial charge in [0.25, 0.3) is 0 Å². The van der Waals surface area contributed by atoms with Gasteiger partial charge in [0.1, 0.15) is 0 Å². The van der Waals surface area contributed by atoms with Crippen LogP contribution in [0.25, 0.3) is 11.1 Å². The summed E-state index contributed by atoms with van der Waals surface area (Å²) in [6.07, 6.45) is 3.71. The van der Waals surface area contributed by atoms with Gasteiger partial charge in [-0.3, -0.25) is 4.68 Å². The summed E-state index contributed by atoms with van der Waals surface area (Å²) in [6, 6.07) is 7.24. The van der Waals surface area contributed by atoms with Gasteiger partial charge in [0.05, 0.1) is 18.9 Å². The number of ether oxygens (including phenoxy) is 1. The van der Waals surface area contributed by atoms with E-state index in [2.05, 4.69) is 9.84 Å². The average molecular weight is 216 g/mol. The zero-order valence-corrected chi connectivity index (χ0v) is 9.18. The van der Waals surface area contributed by atoms with E-state index in [1.807, 2.05) is 25.4 Å². The summed E-state index contributed by atoms with van der Waals surface area (Å²) in [7, 11) is 3.24.